The van der Waals surface area contributed by atoms with E-state index in [0.29, 0.717) is 17.2 Å². The minimum atomic E-state index is -0.769. The van der Waals surface area contributed by atoms with Crippen molar-refractivity contribution in [1.82, 2.24) is 24.3 Å². The Morgan fingerprint density at radius 3 is 2.76 bits per heavy atom. The molecule has 2 aliphatic heterocycles. The highest BCUT2D eigenvalue weighted by Gasteiger charge is 2.50. The first-order valence-corrected chi connectivity index (χ1v) is 12.4. The predicted molar refractivity (Wildman–Crippen MR) is 140 cm³/mol. The van der Waals surface area contributed by atoms with Crippen LogP contribution in [0.5, 0.6) is 0 Å². The molecule has 4 atom stereocenters. The molecular weight excluding hydrogens is 466 g/mol. The highest BCUT2D eigenvalue weighted by molar-refractivity contribution is 6.04. The van der Waals surface area contributed by atoms with Crippen LogP contribution in [0.25, 0.3) is 16.8 Å². The Kier molecular flexibility index (Phi) is 5.83. The molecule has 2 bridgehead atoms. The summed E-state index contributed by atoms with van der Waals surface area (Å²) in [6.45, 7) is 1.75. The number of pyridine rings is 1. The largest absolute Gasteiger partial charge is 0.382 e. The molecule has 9 heteroatoms. The molecule has 3 aromatic heterocycles. The van der Waals surface area contributed by atoms with E-state index in [1.807, 2.05) is 28.8 Å². The van der Waals surface area contributed by atoms with Crippen molar-refractivity contribution in [2.45, 2.75) is 50.4 Å². The maximum Gasteiger partial charge on any atom is 0.256 e. The number of anilines is 2. The number of aliphatic hydroxyl groups excluding tert-OH is 1. The lowest BCUT2D eigenvalue weighted by Gasteiger charge is -2.25. The number of amides is 1. The highest BCUT2D eigenvalue weighted by atomic mass is 16.3. The number of nitrogens with two attached hydrogens (primary N) is 1. The van der Waals surface area contributed by atoms with Crippen LogP contribution in [0.3, 0.4) is 0 Å². The second-order valence-corrected chi connectivity index (χ2v) is 9.45. The number of rotatable bonds is 5. The van der Waals surface area contributed by atoms with Crippen LogP contribution in [0.1, 0.15) is 48.3 Å². The van der Waals surface area contributed by atoms with Gasteiger partial charge < -0.3 is 16.2 Å². The minimum absolute atomic E-state index is 0.138. The summed E-state index contributed by atoms with van der Waals surface area (Å²) in [6.07, 6.45) is 7.38. The van der Waals surface area contributed by atoms with E-state index in [4.69, 9.17) is 10.7 Å². The van der Waals surface area contributed by atoms with Crippen LogP contribution in [0.15, 0.2) is 61.1 Å². The zero-order valence-corrected chi connectivity index (χ0v) is 20.4. The lowest BCUT2D eigenvalue weighted by molar-refractivity contribution is 0.0342. The van der Waals surface area contributed by atoms with Gasteiger partial charge in [-0.15, -0.1) is 5.92 Å². The molecule has 0 saturated carbocycles. The first-order chi connectivity index (χ1) is 18.0. The molecular formula is C28H27N7O2. The fourth-order valence-electron chi connectivity index (χ4n) is 5.85. The third-order valence-electron chi connectivity index (χ3n) is 7.42. The second kappa shape index (κ2) is 9.32. The number of hydrogen-bond donors (Lipinski definition) is 3. The molecule has 4 unspecified atom stereocenters. The molecule has 4 aromatic rings. The van der Waals surface area contributed by atoms with Gasteiger partial charge in [-0.1, -0.05) is 24.1 Å². The Balaban J connectivity index is 1.34. The van der Waals surface area contributed by atoms with E-state index in [0.717, 1.165) is 41.9 Å². The summed E-state index contributed by atoms with van der Waals surface area (Å²) in [5.74, 6) is 7.44. The number of benzene rings is 1. The Hall–Kier alpha value is -4.26. The summed E-state index contributed by atoms with van der Waals surface area (Å²) >= 11 is 0. The van der Waals surface area contributed by atoms with E-state index in [-0.39, 0.29) is 23.9 Å². The second-order valence-electron chi connectivity index (χ2n) is 9.45. The molecule has 2 aliphatic rings. The third-order valence-corrected chi connectivity index (χ3v) is 7.42. The van der Waals surface area contributed by atoms with E-state index >= 15 is 0 Å². The highest BCUT2D eigenvalue weighted by Crippen LogP contribution is 2.48. The number of carbonyl (C=O) groups is 1. The van der Waals surface area contributed by atoms with Crippen molar-refractivity contribution in [2.24, 2.45) is 0 Å². The summed E-state index contributed by atoms with van der Waals surface area (Å²) in [4.78, 5) is 28.4. The number of aliphatic hydroxyl groups is 1. The molecule has 0 radical (unpaired) electrons. The van der Waals surface area contributed by atoms with Gasteiger partial charge in [-0.25, -0.2) is 15.0 Å². The van der Waals surface area contributed by atoms with Gasteiger partial charge in [0.2, 0.25) is 0 Å². The number of nitrogens with one attached hydrogen (secondary N) is 1. The van der Waals surface area contributed by atoms with Gasteiger partial charge in [-0.2, -0.15) is 0 Å². The van der Waals surface area contributed by atoms with Crippen LogP contribution in [-0.4, -0.2) is 53.6 Å². The van der Waals surface area contributed by atoms with E-state index in [9.17, 15) is 9.90 Å². The summed E-state index contributed by atoms with van der Waals surface area (Å²) in [7, 11) is 0. The number of fused-ring (bicyclic) bond motifs is 3. The summed E-state index contributed by atoms with van der Waals surface area (Å²) in [5.41, 5.74) is 9.17. The van der Waals surface area contributed by atoms with Crippen molar-refractivity contribution in [2.75, 3.05) is 11.1 Å². The standard InChI is InChI=1S/C28H27N7O2/c1-2-5-23(36)35-19-11-12-21(35)20(16-19)27-33-24(25-26(29)31-14-15-34(25)27)17-7-9-18(10-8-17)28(37)32-22-6-3-4-13-30-22/h3-4,6-10,13-15,19-21,23,36H,11-12,16H2,1H3,(H2,29,31)(H,30,32,37). The van der Waals surface area contributed by atoms with Gasteiger partial charge >= 0.3 is 0 Å². The molecule has 2 fully saturated rings. The van der Waals surface area contributed by atoms with Crippen molar-refractivity contribution in [3.05, 3.63) is 72.4 Å². The van der Waals surface area contributed by atoms with E-state index in [1.54, 1.807) is 43.6 Å². The average Bonchev–Trinajstić information content (AvgIpc) is 3.61. The lowest BCUT2D eigenvalue weighted by Crippen LogP contribution is -2.39. The van der Waals surface area contributed by atoms with Crippen LogP contribution in [0.2, 0.25) is 0 Å². The quantitative estimate of drug-likeness (QED) is 0.365. The van der Waals surface area contributed by atoms with E-state index in [1.165, 1.54) is 0 Å². The van der Waals surface area contributed by atoms with Crippen LogP contribution < -0.4 is 11.1 Å². The maximum atomic E-state index is 12.7. The fourth-order valence-corrected chi connectivity index (χ4v) is 5.85. The Morgan fingerprint density at radius 1 is 1.16 bits per heavy atom. The first kappa shape index (κ1) is 23.2. The molecule has 37 heavy (non-hydrogen) atoms. The Labute approximate surface area is 214 Å². The number of nitrogen functional groups attached to an aromatic ring is 1. The molecule has 6 rings (SSSR count). The van der Waals surface area contributed by atoms with Gasteiger partial charge in [0.15, 0.2) is 6.23 Å². The number of carbonyl (C=O) groups excluding carboxylic acids is 1. The van der Waals surface area contributed by atoms with Crippen molar-refractivity contribution in [3.8, 4) is 23.1 Å². The molecule has 0 spiro atoms. The number of aromatic nitrogens is 4. The monoisotopic (exact) mass is 493 g/mol. The van der Waals surface area contributed by atoms with Gasteiger partial charge in [-0.3, -0.25) is 14.1 Å². The molecule has 0 aliphatic carbocycles. The third kappa shape index (κ3) is 4.00. The van der Waals surface area contributed by atoms with Crippen molar-refractivity contribution in [1.29, 1.82) is 0 Å². The smallest absolute Gasteiger partial charge is 0.256 e. The van der Waals surface area contributed by atoms with E-state index < -0.39 is 6.23 Å². The predicted octanol–water partition coefficient (Wildman–Crippen LogP) is 3.29. The molecule has 5 heterocycles. The van der Waals surface area contributed by atoms with Crippen LogP contribution in [-0.2, 0) is 0 Å². The van der Waals surface area contributed by atoms with Crippen molar-refractivity contribution >= 4 is 23.1 Å². The summed E-state index contributed by atoms with van der Waals surface area (Å²) < 4.78 is 2.03. The first-order valence-electron chi connectivity index (χ1n) is 12.4. The van der Waals surface area contributed by atoms with Crippen molar-refractivity contribution in [3.63, 3.8) is 0 Å². The molecule has 9 nitrogen and oxygen atoms in total. The topological polar surface area (TPSA) is 122 Å². The zero-order chi connectivity index (χ0) is 25.5. The molecule has 4 N–H and O–H groups in total. The Bertz CT molecular complexity index is 1520. The van der Waals surface area contributed by atoms with Crippen LogP contribution in [0, 0.1) is 11.8 Å². The van der Waals surface area contributed by atoms with Crippen LogP contribution in [0.4, 0.5) is 11.6 Å². The molecule has 2 saturated heterocycles. The van der Waals surface area contributed by atoms with Gasteiger partial charge in [0.25, 0.3) is 5.91 Å². The van der Waals surface area contributed by atoms with E-state index in [2.05, 4.69) is 32.0 Å². The average molecular weight is 494 g/mol. The normalized spacial score (nSPS) is 21.5. The Morgan fingerprint density at radius 2 is 2.00 bits per heavy atom. The number of imidazole rings is 1. The maximum absolute atomic E-state index is 12.7. The fraction of sp³-hybridized carbons (Fsp3) is 0.286. The minimum Gasteiger partial charge on any atom is -0.382 e. The number of hydrogen-bond acceptors (Lipinski definition) is 7. The molecule has 1 aromatic carbocycles. The number of nitrogens with zero attached hydrogens (tertiary/aromatic N) is 5. The summed E-state index contributed by atoms with van der Waals surface area (Å²) in [5, 5.41) is 13.5. The van der Waals surface area contributed by atoms with Gasteiger partial charge in [0.1, 0.15) is 28.7 Å². The van der Waals surface area contributed by atoms with Gasteiger partial charge in [0.05, 0.1) is 0 Å². The van der Waals surface area contributed by atoms with Gasteiger partial charge in [0, 0.05) is 47.7 Å². The van der Waals surface area contributed by atoms with Crippen molar-refractivity contribution < 1.29 is 9.90 Å². The molecule has 186 valence electrons. The lowest BCUT2D eigenvalue weighted by atomic mass is 9.88. The van der Waals surface area contributed by atoms with Gasteiger partial charge in [-0.05, 0) is 50.5 Å². The zero-order valence-electron chi connectivity index (χ0n) is 20.4. The molecule has 1 amide bonds. The van der Waals surface area contributed by atoms with Crippen LogP contribution >= 0.6 is 0 Å². The SMILES string of the molecule is CC#CC(O)N1C2CCC1C(c1nc(-c3ccc(C(=O)Nc4ccccn4)cc3)c3c(N)nccn13)C2. The summed E-state index contributed by atoms with van der Waals surface area (Å²) in [6, 6.07) is 13.1.